The van der Waals surface area contributed by atoms with Gasteiger partial charge in [-0.2, -0.15) is 0 Å². The predicted molar refractivity (Wildman–Crippen MR) is 105 cm³/mol. The number of aromatic hydroxyl groups is 1. The van der Waals surface area contributed by atoms with E-state index in [-0.39, 0.29) is 0 Å². The molecule has 1 aromatic carbocycles. The number of hydrogen-bond donors (Lipinski definition) is 2. The number of pyridine rings is 1. The Balaban J connectivity index is 1.37. The average molecular weight is 362 g/mol. The lowest BCUT2D eigenvalue weighted by atomic mass is 9.75. The van der Waals surface area contributed by atoms with Crippen molar-refractivity contribution < 1.29 is 10.2 Å². The van der Waals surface area contributed by atoms with Gasteiger partial charge in [0, 0.05) is 11.8 Å². The summed E-state index contributed by atoms with van der Waals surface area (Å²) in [6, 6.07) is 9.81. The van der Waals surface area contributed by atoms with E-state index >= 15 is 0 Å². The van der Waals surface area contributed by atoms with Gasteiger partial charge in [-0.1, -0.05) is 12.1 Å². The highest BCUT2D eigenvalue weighted by atomic mass is 16.3. The lowest BCUT2D eigenvalue weighted by Crippen LogP contribution is -2.21. The molecule has 2 N–H and O–H groups in total. The normalized spacial score (nSPS) is 24.2. The fraction of sp³-hybridized carbons (Fsp3) is 0.435. The molecule has 4 heteroatoms. The number of aliphatic hydroxyl groups is 1. The number of fused-ring (bicyclic) bond motifs is 1. The first-order valence-electron chi connectivity index (χ1n) is 10.1. The van der Waals surface area contributed by atoms with Gasteiger partial charge in [-0.15, -0.1) is 0 Å². The zero-order valence-corrected chi connectivity index (χ0v) is 15.5. The molecule has 0 bridgehead atoms. The molecule has 27 heavy (non-hydrogen) atoms. The molecule has 1 atom stereocenters. The van der Waals surface area contributed by atoms with Crippen molar-refractivity contribution in [3.8, 4) is 5.75 Å². The van der Waals surface area contributed by atoms with Gasteiger partial charge in [-0.25, -0.2) is 4.98 Å². The topological polar surface area (TPSA) is 57.8 Å². The monoisotopic (exact) mass is 362 g/mol. The van der Waals surface area contributed by atoms with Crippen LogP contribution < -0.4 is 0 Å². The minimum Gasteiger partial charge on any atom is -0.508 e. The third-order valence-electron chi connectivity index (χ3n) is 6.56. The number of nitrogens with zero attached hydrogens (tertiary/aromatic N) is 2. The van der Waals surface area contributed by atoms with Crippen LogP contribution in [0.1, 0.15) is 73.2 Å². The zero-order valence-electron chi connectivity index (χ0n) is 15.5. The Bertz CT molecular complexity index is 935. The lowest BCUT2D eigenvalue weighted by molar-refractivity contribution is 0.0810. The van der Waals surface area contributed by atoms with E-state index < -0.39 is 6.10 Å². The minimum absolute atomic E-state index is 0.303. The van der Waals surface area contributed by atoms with Crippen molar-refractivity contribution in [3.63, 3.8) is 0 Å². The van der Waals surface area contributed by atoms with Crippen LogP contribution in [-0.4, -0.2) is 19.6 Å². The Morgan fingerprint density at radius 1 is 0.926 bits per heavy atom. The van der Waals surface area contributed by atoms with Crippen molar-refractivity contribution in [3.05, 3.63) is 65.7 Å². The molecule has 3 aromatic rings. The van der Waals surface area contributed by atoms with Gasteiger partial charge in [-0.05, 0) is 85.6 Å². The molecule has 5 rings (SSSR count). The summed E-state index contributed by atoms with van der Waals surface area (Å²) >= 11 is 0. The Kier molecular flexibility index (Phi) is 4.16. The van der Waals surface area contributed by atoms with Crippen LogP contribution in [0.2, 0.25) is 0 Å². The van der Waals surface area contributed by atoms with Crippen LogP contribution in [0.15, 0.2) is 49.1 Å². The van der Waals surface area contributed by atoms with Crippen molar-refractivity contribution in [1.29, 1.82) is 0 Å². The number of hydrogen-bond acceptors (Lipinski definition) is 3. The third-order valence-corrected chi connectivity index (χ3v) is 6.56. The molecule has 2 aliphatic carbocycles. The Labute approximate surface area is 159 Å². The van der Waals surface area contributed by atoms with Gasteiger partial charge in [0.2, 0.25) is 0 Å². The van der Waals surface area contributed by atoms with Gasteiger partial charge < -0.3 is 14.6 Å². The van der Waals surface area contributed by atoms with Crippen molar-refractivity contribution in [2.24, 2.45) is 5.92 Å². The SMILES string of the molecule is Oc1ccc(C2CCC([C@@H](O)c3c(C4CC4)ccn4cncc34)CC2)cc1. The van der Waals surface area contributed by atoms with E-state index in [0.29, 0.717) is 23.5 Å². The van der Waals surface area contributed by atoms with Crippen LogP contribution in [0.5, 0.6) is 5.75 Å². The van der Waals surface area contributed by atoms with Crippen LogP contribution in [0.25, 0.3) is 5.52 Å². The van der Waals surface area contributed by atoms with Gasteiger partial charge in [0.25, 0.3) is 0 Å². The largest absolute Gasteiger partial charge is 0.508 e. The molecule has 2 saturated carbocycles. The summed E-state index contributed by atoms with van der Waals surface area (Å²) < 4.78 is 2.03. The quantitative estimate of drug-likeness (QED) is 0.692. The second kappa shape index (κ2) is 6.68. The molecule has 4 nitrogen and oxygen atoms in total. The maximum absolute atomic E-state index is 11.3. The first kappa shape index (κ1) is 16.8. The van der Waals surface area contributed by atoms with Crippen LogP contribution in [-0.2, 0) is 0 Å². The molecule has 0 aliphatic heterocycles. The van der Waals surface area contributed by atoms with Crippen molar-refractivity contribution in [2.75, 3.05) is 0 Å². The summed E-state index contributed by atoms with van der Waals surface area (Å²) in [6.45, 7) is 0. The highest BCUT2D eigenvalue weighted by Gasteiger charge is 2.34. The number of rotatable bonds is 4. The summed E-state index contributed by atoms with van der Waals surface area (Å²) in [7, 11) is 0. The molecule has 0 radical (unpaired) electrons. The molecule has 0 unspecified atom stereocenters. The molecule has 0 saturated heterocycles. The number of phenolic OH excluding ortho intramolecular Hbond substituents is 1. The molecule has 2 aromatic heterocycles. The lowest BCUT2D eigenvalue weighted by Gasteiger charge is -2.33. The number of aromatic nitrogens is 2. The Hall–Kier alpha value is -2.33. The van der Waals surface area contributed by atoms with Crippen LogP contribution in [0, 0.1) is 5.92 Å². The minimum atomic E-state index is -0.415. The Morgan fingerprint density at radius 3 is 2.33 bits per heavy atom. The van der Waals surface area contributed by atoms with Crippen molar-refractivity contribution in [2.45, 2.75) is 56.5 Å². The Morgan fingerprint density at radius 2 is 1.63 bits per heavy atom. The van der Waals surface area contributed by atoms with Crippen molar-refractivity contribution in [1.82, 2.24) is 9.38 Å². The number of benzene rings is 1. The summed E-state index contributed by atoms with van der Waals surface area (Å²) in [4.78, 5) is 4.30. The van der Waals surface area contributed by atoms with Gasteiger partial charge in [0.15, 0.2) is 0 Å². The second-order valence-electron chi connectivity index (χ2n) is 8.29. The van der Waals surface area contributed by atoms with Gasteiger partial charge >= 0.3 is 0 Å². The fourth-order valence-electron chi connectivity index (χ4n) is 4.85. The van der Waals surface area contributed by atoms with E-state index in [9.17, 15) is 10.2 Å². The second-order valence-corrected chi connectivity index (χ2v) is 8.29. The van der Waals surface area contributed by atoms with Gasteiger partial charge in [-0.3, -0.25) is 0 Å². The van der Waals surface area contributed by atoms with E-state index in [0.717, 1.165) is 36.8 Å². The first-order valence-corrected chi connectivity index (χ1v) is 10.1. The van der Waals surface area contributed by atoms with E-state index in [1.54, 1.807) is 12.1 Å². The highest BCUT2D eigenvalue weighted by molar-refractivity contribution is 5.59. The van der Waals surface area contributed by atoms with E-state index in [1.165, 1.54) is 24.0 Å². The smallest absolute Gasteiger partial charge is 0.115 e. The van der Waals surface area contributed by atoms with Gasteiger partial charge in [0.1, 0.15) is 5.75 Å². The summed E-state index contributed by atoms with van der Waals surface area (Å²) in [5.74, 6) is 1.77. The molecule has 140 valence electrons. The maximum atomic E-state index is 11.3. The summed E-state index contributed by atoms with van der Waals surface area (Å²) in [5.41, 5.74) is 4.81. The number of phenols is 1. The third kappa shape index (κ3) is 3.12. The van der Waals surface area contributed by atoms with Crippen LogP contribution in [0.4, 0.5) is 0 Å². The van der Waals surface area contributed by atoms with Crippen molar-refractivity contribution >= 4 is 5.52 Å². The molecule has 2 fully saturated rings. The average Bonchev–Trinajstić information content (AvgIpc) is 3.44. The van der Waals surface area contributed by atoms with E-state index in [2.05, 4.69) is 17.2 Å². The molecule has 0 spiro atoms. The maximum Gasteiger partial charge on any atom is 0.115 e. The first-order chi connectivity index (χ1) is 13.2. The molecular weight excluding hydrogens is 336 g/mol. The number of aliphatic hydroxyl groups excluding tert-OH is 1. The zero-order chi connectivity index (χ0) is 18.4. The van der Waals surface area contributed by atoms with Crippen LogP contribution in [0.3, 0.4) is 0 Å². The molecule has 2 aliphatic rings. The summed E-state index contributed by atoms with van der Waals surface area (Å²) in [5, 5.41) is 20.8. The number of imidazole rings is 1. The fourth-order valence-corrected chi connectivity index (χ4v) is 4.85. The highest BCUT2D eigenvalue weighted by Crippen LogP contribution is 2.48. The van der Waals surface area contributed by atoms with Crippen LogP contribution >= 0.6 is 0 Å². The molecule has 2 heterocycles. The standard InChI is InChI=1S/C23H26N2O2/c26-19-9-7-16(8-10-19)15-1-5-18(6-2-15)23(27)22-20(17-3-4-17)11-12-25-14-24-13-21(22)25/h7-15,17-18,23,26-27H,1-6H2/t15?,18?,23-/m1/s1. The molecule has 0 amide bonds. The van der Waals surface area contributed by atoms with E-state index in [4.69, 9.17) is 0 Å². The molecular formula is C23H26N2O2. The summed E-state index contributed by atoms with van der Waals surface area (Å²) in [6.07, 6.45) is 12.1. The van der Waals surface area contributed by atoms with Gasteiger partial charge in [0.05, 0.1) is 24.1 Å². The van der Waals surface area contributed by atoms with E-state index in [1.807, 2.05) is 29.1 Å². The predicted octanol–water partition coefficient (Wildman–Crippen LogP) is 4.92.